The van der Waals surface area contributed by atoms with Crippen molar-refractivity contribution in [3.63, 3.8) is 0 Å². The molecule has 1 aromatic heterocycles. The molecule has 7 nitrogen and oxygen atoms in total. The number of amides is 1. The molecular formula is C20H34N6OS. The van der Waals surface area contributed by atoms with Crippen molar-refractivity contribution >= 4 is 23.2 Å². The molecule has 3 heterocycles. The summed E-state index contributed by atoms with van der Waals surface area (Å²) in [6, 6.07) is -0.0257. The molecule has 8 heteroatoms. The quantitative estimate of drug-likeness (QED) is 0.577. The maximum absolute atomic E-state index is 12.7. The smallest absolute Gasteiger partial charge is 0.239 e. The lowest BCUT2D eigenvalue weighted by molar-refractivity contribution is -0.135. The Morgan fingerprint density at radius 3 is 2.50 bits per heavy atom. The van der Waals surface area contributed by atoms with Gasteiger partial charge in [0.15, 0.2) is 5.96 Å². The van der Waals surface area contributed by atoms with Gasteiger partial charge in [0, 0.05) is 51.2 Å². The van der Waals surface area contributed by atoms with Gasteiger partial charge in [0.1, 0.15) is 0 Å². The summed E-state index contributed by atoms with van der Waals surface area (Å²) in [7, 11) is 0. The van der Waals surface area contributed by atoms with E-state index in [9.17, 15) is 4.79 Å². The van der Waals surface area contributed by atoms with E-state index in [0.717, 1.165) is 76.7 Å². The van der Waals surface area contributed by atoms with E-state index < -0.39 is 0 Å². The van der Waals surface area contributed by atoms with Crippen LogP contribution >= 0.6 is 11.3 Å². The first-order valence-corrected chi connectivity index (χ1v) is 11.5. The molecule has 1 amide bonds. The second-order valence-corrected chi connectivity index (χ2v) is 8.43. The third kappa shape index (κ3) is 5.23. The Labute approximate surface area is 172 Å². The summed E-state index contributed by atoms with van der Waals surface area (Å²) >= 11 is 1.71. The summed E-state index contributed by atoms with van der Waals surface area (Å²) < 4.78 is 0. The molecule has 0 aliphatic carbocycles. The van der Waals surface area contributed by atoms with Gasteiger partial charge in [0.25, 0.3) is 0 Å². The van der Waals surface area contributed by atoms with Crippen LogP contribution in [-0.2, 0) is 17.8 Å². The minimum absolute atomic E-state index is 0.0257. The molecule has 1 unspecified atom stereocenters. The van der Waals surface area contributed by atoms with E-state index in [1.54, 1.807) is 11.3 Å². The lowest BCUT2D eigenvalue weighted by Gasteiger charge is -2.39. The van der Waals surface area contributed by atoms with E-state index in [1.165, 1.54) is 5.01 Å². The molecule has 1 N–H and O–H groups in total. The first-order chi connectivity index (χ1) is 13.6. The van der Waals surface area contributed by atoms with Crippen LogP contribution in [0.25, 0.3) is 0 Å². The van der Waals surface area contributed by atoms with Crippen LogP contribution in [0, 0.1) is 0 Å². The maximum Gasteiger partial charge on any atom is 0.239 e. The molecule has 3 rings (SSSR count). The molecule has 1 atom stereocenters. The van der Waals surface area contributed by atoms with Crippen LogP contribution < -0.4 is 5.32 Å². The summed E-state index contributed by atoms with van der Waals surface area (Å²) in [6.07, 6.45) is 3.27. The number of nitrogens with zero attached hydrogens (tertiary/aromatic N) is 5. The van der Waals surface area contributed by atoms with Crippen molar-refractivity contribution in [2.24, 2.45) is 4.99 Å². The molecular weight excluding hydrogens is 372 g/mol. The molecule has 2 fully saturated rings. The Bertz CT molecular complexity index is 661. The Hall–Kier alpha value is -1.67. The number of hydrogen-bond acceptors (Lipinski definition) is 5. The zero-order valence-corrected chi connectivity index (χ0v) is 18.3. The number of nitrogens with one attached hydrogen (secondary N) is 1. The molecule has 0 spiro atoms. The monoisotopic (exact) mass is 406 g/mol. The van der Waals surface area contributed by atoms with Gasteiger partial charge in [-0.1, -0.05) is 6.92 Å². The second-order valence-electron chi connectivity index (χ2n) is 7.49. The molecule has 0 radical (unpaired) electrons. The van der Waals surface area contributed by atoms with Crippen LogP contribution in [0.15, 0.2) is 10.4 Å². The third-order valence-electron chi connectivity index (χ3n) is 5.56. The Morgan fingerprint density at radius 1 is 1.18 bits per heavy atom. The number of carbonyl (C=O) groups excluding carboxylic acids is 1. The number of rotatable bonds is 6. The minimum Gasteiger partial charge on any atom is -0.357 e. The summed E-state index contributed by atoms with van der Waals surface area (Å²) in [5.74, 6) is 1.24. The molecule has 2 aliphatic rings. The Balaban J connectivity index is 1.54. The predicted molar refractivity (Wildman–Crippen MR) is 115 cm³/mol. The molecule has 0 aromatic carbocycles. The Kier molecular flexibility index (Phi) is 7.67. The van der Waals surface area contributed by atoms with Crippen molar-refractivity contribution in [3.8, 4) is 0 Å². The summed E-state index contributed by atoms with van der Waals surface area (Å²) in [5, 5.41) is 6.69. The largest absolute Gasteiger partial charge is 0.357 e. The average Bonchev–Trinajstić information content (AvgIpc) is 3.42. The van der Waals surface area contributed by atoms with Gasteiger partial charge in [0.2, 0.25) is 5.91 Å². The van der Waals surface area contributed by atoms with Crippen LogP contribution in [0.1, 0.15) is 44.3 Å². The van der Waals surface area contributed by atoms with Gasteiger partial charge in [-0.05, 0) is 33.1 Å². The summed E-state index contributed by atoms with van der Waals surface area (Å²) in [6.45, 7) is 13.2. The Morgan fingerprint density at radius 2 is 1.89 bits per heavy atom. The lowest BCUT2D eigenvalue weighted by Crippen LogP contribution is -2.57. The standard InChI is InChI=1S/C20H34N6OS/c1-4-18-23-17(15-28-18)14-22-20(21-5-2)26-12-10-24(11-13-26)16(3)19(27)25-8-6-7-9-25/h15-16H,4-14H2,1-3H3,(H,21,22). The fraction of sp³-hybridized carbons (Fsp3) is 0.750. The highest BCUT2D eigenvalue weighted by Gasteiger charge is 2.30. The number of aryl methyl sites for hydroxylation is 1. The molecule has 1 aromatic rings. The highest BCUT2D eigenvalue weighted by atomic mass is 32.1. The van der Waals surface area contributed by atoms with E-state index in [1.807, 2.05) is 4.90 Å². The van der Waals surface area contributed by atoms with Crippen molar-refractivity contribution in [2.45, 2.75) is 52.6 Å². The van der Waals surface area contributed by atoms with Crippen LogP contribution in [-0.4, -0.2) is 83.4 Å². The van der Waals surface area contributed by atoms with Crippen molar-refractivity contribution in [1.82, 2.24) is 25.0 Å². The second kappa shape index (κ2) is 10.2. The normalized spacial score (nSPS) is 19.9. The van der Waals surface area contributed by atoms with Gasteiger partial charge in [-0.2, -0.15) is 0 Å². The summed E-state index contributed by atoms with van der Waals surface area (Å²) in [4.78, 5) is 28.7. The van der Waals surface area contributed by atoms with Crippen LogP contribution in [0.4, 0.5) is 0 Å². The number of aromatic nitrogens is 1. The summed E-state index contributed by atoms with van der Waals surface area (Å²) in [5.41, 5.74) is 1.04. The molecule has 156 valence electrons. The number of hydrogen-bond donors (Lipinski definition) is 1. The van der Waals surface area contributed by atoms with E-state index >= 15 is 0 Å². The van der Waals surface area contributed by atoms with Gasteiger partial charge >= 0.3 is 0 Å². The first kappa shape index (κ1) is 21.0. The van der Waals surface area contributed by atoms with E-state index in [0.29, 0.717) is 12.5 Å². The van der Waals surface area contributed by atoms with Crippen molar-refractivity contribution in [1.29, 1.82) is 0 Å². The number of piperazine rings is 1. The van der Waals surface area contributed by atoms with Gasteiger partial charge in [-0.15, -0.1) is 11.3 Å². The van der Waals surface area contributed by atoms with E-state index in [-0.39, 0.29) is 6.04 Å². The highest BCUT2D eigenvalue weighted by Crippen LogP contribution is 2.15. The fourth-order valence-corrected chi connectivity index (χ4v) is 4.58. The molecule has 2 aliphatic heterocycles. The molecule has 2 saturated heterocycles. The lowest BCUT2D eigenvalue weighted by atomic mass is 10.2. The number of likely N-dealkylation sites (tertiary alicyclic amines) is 1. The molecule has 0 bridgehead atoms. The van der Waals surface area contributed by atoms with Crippen LogP contribution in [0.2, 0.25) is 0 Å². The zero-order valence-electron chi connectivity index (χ0n) is 17.5. The zero-order chi connectivity index (χ0) is 19.9. The average molecular weight is 407 g/mol. The van der Waals surface area contributed by atoms with E-state index in [2.05, 4.69) is 46.3 Å². The van der Waals surface area contributed by atoms with Crippen molar-refractivity contribution < 1.29 is 4.79 Å². The van der Waals surface area contributed by atoms with Gasteiger partial charge in [0.05, 0.1) is 23.3 Å². The predicted octanol–water partition coefficient (Wildman–Crippen LogP) is 1.80. The number of aliphatic imine (C=N–C) groups is 1. The maximum atomic E-state index is 12.7. The molecule has 0 saturated carbocycles. The molecule has 28 heavy (non-hydrogen) atoms. The van der Waals surface area contributed by atoms with Crippen LogP contribution in [0.5, 0.6) is 0 Å². The van der Waals surface area contributed by atoms with Gasteiger partial charge in [-0.3, -0.25) is 9.69 Å². The van der Waals surface area contributed by atoms with E-state index in [4.69, 9.17) is 4.99 Å². The SMILES string of the molecule is CCNC(=NCc1csc(CC)n1)N1CCN(C(C)C(=O)N2CCCC2)CC1. The number of thiazole rings is 1. The number of carbonyl (C=O) groups is 1. The topological polar surface area (TPSA) is 64.1 Å². The minimum atomic E-state index is -0.0257. The highest BCUT2D eigenvalue weighted by molar-refractivity contribution is 7.09. The third-order valence-corrected chi connectivity index (χ3v) is 6.61. The van der Waals surface area contributed by atoms with Crippen molar-refractivity contribution in [3.05, 3.63) is 16.1 Å². The van der Waals surface area contributed by atoms with Crippen molar-refractivity contribution in [2.75, 3.05) is 45.8 Å². The fourth-order valence-electron chi connectivity index (χ4n) is 3.84. The van der Waals surface area contributed by atoms with Crippen LogP contribution in [0.3, 0.4) is 0 Å². The van der Waals surface area contributed by atoms with Gasteiger partial charge in [-0.25, -0.2) is 9.98 Å². The first-order valence-electron chi connectivity index (χ1n) is 10.6. The van der Waals surface area contributed by atoms with Gasteiger partial charge < -0.3 is 15.1 Å². The number of guanidine groups is 1.